The van der Waals surface area contributed by atoms with Crippen molar-refractivity contribution >= 4 is 16.1 Å². The summed E-state index contributed by atoms with van der Waals surface area (Å²) in [6.07, 6.45) is 0.774. The molecule has 9 heteroatoms. The Labute approximate surface area is 85.5 Å². The van der Waals surface area contributed by atoms with Crippen LogP contribution in [0.5, 0.6) is 0 Å². The van der Waals surface area contributed by atoms with Crippen LogP contribution in [0.25, 0.3) is 0 Å². The summed E-state index contributed by atoms with van der Waals surface area (Å²) in [6, 6.07) is -2.60. The van der Waals surface area contributed by atoms with E-state index in [1.807, 2.05) is 0 Å². The van der Waals surface area contributed by atoms with Crippen LogP contribution < -0.4 is 10.5 Å². The number of halogens is 2. The van der Waals surface area contributed by atoms with Gasteiger partial charge in [0.05, 0.1) is 12.8 Å². The van der Waals surface area contributed by atoms with Gasteiger partial charge in [0, 0.05) is 6.54 Å². The fraction of sp³-hybridized carbons (Fsp3) is 0.833. The molecule has 1 fully saturated rings. The Kier molecular flexibility index (Phi) is 2.88. The van der Waals surface area contributed by atoms with E-state index in [9.17, 15) is 22.0 Å². The van der Waals surface area contributed by atoms with Crippen LogP contribution in [0.3, 0.4) is 0 Å². The van der Waals surface area contributed by atoms with Crippen LogP contribution in [-0.2, 0) is 10.0 Å². The van der Waals surface area contributed by atoms with Crippen LogP contribution in [0.4, 0.5) is 13.6 Å². The quantitative estimate of drug-likeness (QED) is 0.647. The van der Waals surface area contributed by atoms with Crippen LogP contribution in [0.2, 0.25) is 0 Å². The molecule has 1 unspecified atom stereocenters. The number of alkyl halides is 2. The lowest BCUT2D eigenvalue weighted by atomic mass is 10.2. The SMILES string of the molecule is CS(=O)(=O)NC1CN(C(N)=O)CC1(F)F. The van der Waals surface area contributed by atoms with Crippen molar-refractivity contribution in [1.82, 2.24) is 9.62 Å². The molecule has 1 heterocycles. The molecule has 1 atom stereocenters. The summed E-state index contributed by atoms with van der Waals surface area (Å²) in [4.78, 5) is 11.3. The predicted octanol–water partition coefficient (Wildman–Crippen LogP) is -1.07. The number of nitrogens with two attached hydrogens (primary N) is 1. The second kappa shape index (κ2) is 3.56. The Morgan fingerprint density at radius 1 is 1.60 bits per heavy atom. The maximum Gasteiger partial charge on any atom is 0.315 e. The molecule has 0 radical (unpaired) electrons. The lowest BCUT2D eigenvalue weighted by molar-refractivity contribution is -0.00235. The summed E-state index contributed by atoms with van der Waals surface area (Å²) in [5, 5.41) is 0. The maximum absolute atomic E-state index is 13.2. The maximum atomic E-state index is 13.2. The van der Waals surface area contributed by atoms with Crippen LogP contribution in [0.1, 0.15) is 0 Å². The minimum atomic E-state index is -3.74. The molecule has 1 rings (SSSR count). The molecule has 3 N–H and O–H groups in total. The number of hydrogen-bond donors (Lipinski definition) is 2. The van der Waals surface area contributed by atoms with E-state index in [1.165, 1.54) is 0 Å². The Hall–Kier alpha value is -0.960. The van der Waals surface area contributed by atoms with Crippen molar-refractivity contribution in [3.8, 4) is 0 Å². The molecule has 1 aliphatic heterocycles. The number of hydrogen-bond acceptors (Lipinski definition) is 3. The van der Waals surface area contributed by atoms with Gasteiger partial charge in [0.25, 0.3) is 5.92 Å². The summed E-state index contributed by atoms with van der Waals surface area (Å²) < 4.78 is 49.7. The van der Waals surface area contributed by atoms with Crippen molar-refractivity contribution in [3.63, 3.8) is 0 Å². The van der Waals surface area contributed by atoms with E-state index >= 15 is 0 Å². The van der Waals surface area contributed by atoms with Gasteiger partial charge in [-0.05, 0) is 0 Å². The van der Waals surface area contributed by atoms with Gasteiger partial charge in [0.15, 0.2) is 0 Å². The second-order valence-electron chi connectivity index (χ2n) is 3.42. The minimum absolute atomic E-state index is 0.421. The molecule has 88 valence electrons. The monoisotopic (exact) mass is 243 g/mol. The third kappa shape index (κ3) is 2.99. The summed E-state index contributed by atoms with van der Waals surface area (Å²) >= 11 is 0. The zero-order chi connectivity index (χ0) is 11.9. The first kappa shape index (κ1) is 12.1. The van der Waals surface area contributed by atoms with Gasteiger partial charge in [-0.2, -0.15) is 0 Å². The van der Waals surface area contributed by atoms with E-state index in [4.69, 9.17) is 5.73 Å². The van der Waals surface area contributed by atoms with Crippen LogP contribution in [0, 0.1) is 0 Å². The average Bonchev–Trinajstić information content (AvgIpc) is 2.24. The highest BCUT2D eigenvalue weighted by Gasteiger charge is 2.50. The molecule has 0 bridgehead atoms. The highest BCUT2D eigenvalue weighted by molar-refractivity contribution is 7.88. The largest absolute Gasteiger partial charge is 0.351 e. The van der Waals surface area contributed by atoms with Gasteiger partial charge in [-0.3, -0.25) is 0 Å². The number of primary amides is 1. The number of rotatable bonds is 2. The van der Waals surface area contributed by atoms with Gasteiger partial charge >= 0.3 is 6.03 Å². The fourth-order valence-corrected chi connectivity index (χ4v) is 2.10. The van der Waals surface area contributed by atoms with Crippen LogP contribution in [0.15, 0.2) is 0 Å². The van der Waals surface area contributed by atoms with E-state index in [0.29, 0.717) is 4.90 Å². The van der Waals surface area contributed by atoms with Crippen LogP contribution >= 0.6 is 0 Å². The van der Waals surface area contributed by atoms with Crippen molar-refractivity contribution in [3.05, 3.63) is 0 Å². The third-order valence-corrected chi connectivity index (χ3v) is 2.70. The molecule has 15 heavy (non-hydrogen) atoms. The molecular formula is C6H11F2N3O3S. The number of nitrogens with zero attached hydrogens (tertiary/aromatic N) is 1. The van der Waals surface area contributed by atoms with Gasteiger partial charge in [-0.25, -0.2) is 26.7 Å². The number of carbonyl (C=O) groups excluding carboxylic acids is 1. The van der Waals surface area contributed by atoms with Gasteiger partial charge in [0.2, 0.25) is 10.0 Å². The zero-order valence-electron chi connectivity index (χ0n) is 7.91. The number of nitrogens with one attached hydrogen (secondary N) is 1. The van der Waals surface area contributed by atoms with Crippen molar-refractivity contribution in [2.24, 2.45) is 5.73 Å². The number of amides is 2. The molecule has 1 aliphatic rings. The van der Waals surface area contributed by atoms with Crippen molar-refractivity contribution in [2.45, 2.75) is 12.0 Å². The molecule has 0 aromatic carbocycles. The van der Waals surface area contributed by atoms with E-state index in [-0.39, 0.29) is 0 Å². The average molecular weight is 243 g/mol. The summed E-state index contributed by atoms with van der Waals surface area (Å²) in [5.74, 6) is -3.29. The Morgan fingerprint density at radius 3 is 2.47 bits per heavy atom. The molecule has 6 nitrogen and oxygen atoms in total. The van der Waals surface area contributed by atoms with Gasteiger partial charge in [0.1, 0.15) is 6.04 Å². The third-order valence-electron chi connectivity index (χ3n) is 1.98. The fourth-order valence-electron chi connectivity index (χ4n) is 1.33. The summed E-state index contributed by atoms with van der Waals surface area (Å²) in [5.41, 5.74) is 4.82. The first-order valence-electron chi connectivity index (χ1n) is 4.01. The number of carbonyl (C=O) groups is 1. The highest BCUT2D eigenvalue weighted by Crippen LogP contribution is 2.27. The van der Waals surface area contributed by atoms with E-state index in [2.05, 4.69) is 0 Å². The molecule has 0 spiro atoms. The van der Waals surface area contributed by atoms with Crippen molar-refractivity contribution in [1.29, 1.82) is 0 Å². The van der Waals surface area contributed by atoms with Gasteiger partial charge in [-0.1, -0.05) is 0 Å². The Balaban J connectivity index is 2.79. The lowest BCUT2D eigenvalue weighted by Crippen LogP contribution is -2.46. The van der Waals surface area contributed by atoms with Gasteiger partial charge in [-0.15, -0.1) is 0 Å². The normalized spacial score (nSPS) is 25.5. The molecule has 0 aliphatic carbocycles. The number of likely N-dealkylation sites (tertiary alicyclic amines) is 1. The van der Waals surface area contributed by atoms with Crippen molar-refractivity contribution in [2.75, 3.05) is 19.3 Å². The number of urea groups is 1. The smallest absolute Gasteiger partial charge is 0.315 e. The first-order chi connectivity index (χ1) is 6.62. The summed E-state index contributed by atoms with van der Waals surface area (Å²) in [6.45, 7) is -1.29. The second-order valence-corrected chi connectivity index (χ2v) is 5.20. The topological polar surface area (TPSA) is 92.5 Å². The van der Waals surface area contributed by atoms with Gasteiger partial charge < -0.3 is 10.6 Å². The predicted molar refractivity (Wildman–Crippen MR) is 47.9 cm³/mol. The highest BCUT2D eigenvalue weighted by atomic mass is 32.2. The van der Waals surface area contributed by atoms with Crippen LogP contribution in [-0.4, -0.2) is 50.7 Å². The van der Waals surface area contributed by atoms with E-state index in [1.54, 1.807) is 4.72 Å². The lowest BCUT2D eigenvalue weighted by Gasteiger charge is -2.16. The van der Waals surface area contributed by atoms with Crippen molar-refractivity contribution < 1.29 is 22.0 Å². The molecule has 0 aromatic heterocycles. The Bertz CT molecular complexity index is 370. The van der Waals surface area contributed by atoms with E-state index < -0.39 is 41.1 Å². The molecule has 2 amide bonds. The minimum Gasteiger partial charge on any atom is -0.351 e. The summed E-state index contributed by atoms with van der Waals surface area (Å²) in [7, 11) is -3.74. The first-order valence-corrected chi connectivity index (χ1v) is 5.90. The zero-order valence-corrected chi connectivity index (χ0v) is 8.72. The molecular weight excluding hydrogens is 232 g/mol. The number of sulfonamides is 1. The standard InChI is InChI=1S/C6H11F2N3O3S/c1-15(13,14)10-4-2-11(5(9)12)3-6(4,7)8/h4,10H,2-3H2,1H3,(H2,9,12). The molecule has 0 saturated carbocycles. The molecule has 1 saturated heterocycles. The van der Waals surface area contributed by atoms with E-state index in [0.717, 1.165) is 6.26 Å². The molecule has 0 aromatic rings. The Morgan fingerprint density at radius 2 is 2.13 bits per heavy atom.